The highest BCUT2D eigenvalue weighted by Crippen LogP contribution is 2.49. The Balaban J connectivity index is 1.46. The summed E-state index contributed by atoms with van der Waals surface area (Å²) in [6, 6.07) is 37.9. The van der Waals surface area contributed by atoms with Gasteiger partial charge in [0.1, 0.15) is 0 Å². The van der Waals surface area contributed by atoms with E-state index in [0.717, 1.165) is 27.8 Å². The van der Waals surface area contributed by atoms with E-state index in [1.54, 1.807) is 0 Å². The summed E-state index contributed by atoms with van der Waals surface area (Å²) < 4.78 is 2.22. The van der Waals surface area contributed by atoms with E-state index >= 15 is 0 Å². The largest absolute Gasteiger partial charge is 0.488 e. The number of aromatic nitrogens is 1. The van der Waals surface area contributed by atoms with Crippen molar-refractivity contribution >= 4 is 34.4 Å². The predicted molar refractivity (Wildman–Crippen MR) is 154 cm³/mol. The number of nitrogens with zero attached hydrogens (tertiary/aromatic N) is 1. The number of benzene rings is 5. The van der Waals surface area contributed by atoms with Crippen molar-refractivity contribution in [1.29, 1.82) is 0 Å². The van der Waals surface area contributed by atoms with Gasteiger partial charge in [-0.3, -0.25) is 0 Å². The highest BCUT2D eigenvalue weighted by atomic mass is 16.4. The van der Waals surface area contributed by atoms with Gasteiger partial charge in [-0.05, 0) is 69.2 Å². The lowest BCUT2D eigenvalue weighted by Crippen LogP contribution is -2.30. The molecule has 0 amide bonds. The Labute approximate surface area is 216 Å². The van der Waals surface area contributed by atoms with Gasteiger partial charge in [-0.15, -0.1) is 0 Å². The van der Waals surface area contributed by atoms with Gasteiger partial charge in [-0.1, -0.05) is 92.7 Å². The van der Waals surface area contributed by atoms with Crippen LogP contribution in [0.5, 0.6) is 0 Å². The van der Waals surface area contributed by atoms with E-state index in [4.69, 9.17) is 0 Å². The molecule has 0 unspecified atom stereocenters. The summed E-state index contributed by atoms with van der Waals surface area (Å²) >= 11 is 0. The Kier molecular flexibility index (Phi) is 4.75. The van der Waals surface area contributed by atoms with Crippen molar-refractivity contribution < 1.29 is 10.0 Å². The van der Waals surface area contributed by atoms with Gasteiger partial charge < -0.3 is 14.6 Å². The van der Waals surface area contributed by atoms with E-state index in [1.165, 1.54) is 33.0 Å². The van der Waals surface area contributed by atoms with Crippen LogP contribution in [0, 0.1) is 0 Å². The summed E-state index contributed by atoms with van der Waals surface area (Å²) in [5, 5.41) is 22.8. The van der Waals surface area contributed by atoms with E-state index in [-0.39, 0.29) is 5.41 Å². The van der Waals surface area contributed by atoms with Crippen LogP contribution in [0.25, 0.3) is 49.7 Å². The summed E-state index contributed by atoms with van der Waals surface area (Å²) in [6.07, 6.45) is 0. The highest BCUT2D eigenvalue weighted by Gasteiger charge is 2.35. The van der Waals surface area contributed by atoms with Crippen LogP contribution in [-0.2, 0) is 5.41 Å². The van der Waals surface area contributed by atoms with Gasteiger partial charge in [0.25, 0.3) is 0 Å². The summed E-state index contributed by atoms with van der Waals surface area (Å²) in [5.74, 6) is 0. The van der Waals surface area contributed by atoms with Crippen LogP contribution in [0.2, 0.25) is 0 Å². The minimum absolute atomic E-state index is 0.105. The molecule has 0 saturated carbocycles. The minimum atomic E-state index is -1.57. The van der Waals surface area contributed by atoms with Crippen molar-refractivity contribution in [3.8, 4) is 27.9 Å². The van der Waals surface area contributed by atoms with E-state index in [9.17, 15) is 10.0 Å². The number of hydrogen-bond donors (Lipinski definition) is 2. The maximum Gasteiger partial charge on any atom is 0.488 e. The second-order valence-electron chi connectivity index (χ2n) is 10.5. The molecule has 1 aliphatic rings. The van der Waals surface area contributed by atoms with Gasteiger partial charge in [-0.2, -0.15) is 0 Å². The number of rotatable bonds is 3. The van der Waals surface area contributed by atoms with Gasteiger partial charge in [0.2, 0.25) is 0 Å². The smallest absolute Gasteiger partial charge is 0.423 e. The Morgan fingerprint density at radius 3 is 1.92 bits per heavy atom. The monoisotopic (exact) mass is 479 g/mol. The van der Waals surface area contributed by atoms with Gasteiger partial charge in [0, 0.05) is 21.9 Å². The molecular weight excluding hydrogens is 453 g/mol. The highest BCUT2D eigenvalue weighted by molar-refractivity contribution is 6.58. The summed E-state index contributed by atoms with van der Waals surface area (Å²) in [4.78, 5) is 0. The standard InChI is InChI=1S/C33H26BNO2/c1-33(2)29-12-6-3-9-25(29)26-16-15-21(19-30(26)33)22-17-23(34(36)37)20-24(18-22)35-31-13-7-4-10-27(31)28-11-5-8-14-32(28)35/h3-20,36-37H,1-2H3. The second kappa shape index (κ2) is 7.94. The molecule has 37 heavy (non-hydrogen) atoms. The van der Waals surface area contributed by atoms with Crippen LogP contribution < -0.4 is 5.46 Å². The first-order valence-electron chi connectivity index (χ1n) is 12.7. The molecule has 0 saturated heterocycles. The lowest BCUT2D eigenvalue weighted by atomic mass is 9.78. The van der Waals surface area contributed by atoms with Crippen molar-refractivity contribution in [3.63, 3.8) is 0 Å². The molecule has 5 aromatic carbocycles. The Morgan fingerprint density at radius 2 is 1.22 bits per heavy atom. The van der Waals surface area contributed by atoms with Crippen molar-refractivity contribution in [2.75, 3.05) is 0 Å². The van der Waals surface area contributed by atoms with Crippen LogP contribution in [-0.4, -0.2) is 21.7 Å². The van der Waals surface area contributed by atoms with Crippen molar-refractivity contribution in [2.24, 2.45) is 0 Å². The van der Waals surface area contributed by atoms with Crippen molar-refractivity contribution in [3.05, 3.63) is 120 Å². The van der Waals surface area contributed by atoms with Crippen LogP contribution >= 0.6 is 0 Å². The Hall–Kier alpha value is -4.12. The third-order valence-corrected chi connectivity index (χ3v) is 7.99. The third-order valence-electron chi connectivity index (χ3n) is 7.99. The second-order valence-corrected chi connectivity index (χ2v) is 10.5. The van der Waals surface area contributed by atoms with Gasteiger partial charge in [-0.25, -0.2) is 0 Å². The zero-order chi connectivity index (χ0) is 25.3. The topological polar surface area (TPSA) is 45.4 Å². The fourth-order valence-corrected chi connectivity index (χ4v) is 6.16. The van der Waals surface area contributed by atoms with E-state index in [1.807, 2.05) is 24.3 Å². The average Bonchev–Trinajstić information content (AvgIpc) is 3.38. The molecule has 4 heteroatoms. The molecule has 0 aliphatic heterocycles. The first-order chi connectivity index (χ1) is 17.9. The third kappa shape index (κ3) is 3.23. The van der Waals surface area contributed by atoms with Crippen LogP contribution in [0.4, 0.5) is 0 Å². The van der Waals surface area contributed by atoms with Gasteiger partial charge in [0.05, 0.1) is 11.0 Å². The number of hydrogen-bond acceptors (Lipinski definition) is 2. The summed E-state index contributed by atoms with van der Waals surface area (Å²) in [6.45, 7) is 4.55. The maximum absolute atomic E-state index is 10.2. The molecule has 1 heterocycles. The maximum atomic E-state index is 10.2. The molecule has 178 valence electrons. The van der Waals surface area contributed by atoms with E-state index in [0.29, 0.717) is 5.46 Å². The number of fused-ring (bicyclic) bond motifs is 6. The molecule has 0 fully saturated rings. The van der Waals surface area contributed by atoms with Crippen LogP contribution in [0.3, 0.4) is 0 Å². The fraction of sp³-hybridized carbons (Fsp3) is 0.0909. The molecule has 0 radical (unpaired) electrons. The minimum Gasteiger partial charge on any atom is -0.423 e. The summed E-state index contributed by atoms with van der Waals surface area (Å²) in [5.41, 5.74) is 10.7. The van der Waals surface area contributed by atoms with Crippen molar-refractivity contribution in [2.45, 2.75) is 19.3 Å². The zero-order valence-corrected chi connectivity index (χ0v) is 20.8. The summed E-state index contributed by atoms with van der Waals surface area (Å²) in [7, 11) is -1.57. The lowest BCUT2D eigenvalue weighted by molar-refractivity contribution is 0.426. The van der Waals surface area contributed by atoms with Gasteiger partial charge >= 0.3 is 7.12 Å². The lowest BCUT2D eigenvalue weighted by Gasteiger charge is -2.22. The zero-order valence-electron chi connectivity index (χ0n) is 20.8. The van der Waals surface area contributed by atoms with Gasteiger partial charge in [0.15, 0.2) is 0 Å². The molecule has 3 nitrogen and oxygen atoms in total. The Bertz CT molecular complexity index is 1790. The fourth-order valence-electron chi connectivity index (χ4n) is 6.16. The predicted octanol–water partition coefficient (Wildman–Crippen LogP) is 6.44. The van der Waals surface area contributed by atoms with Crippen LogP contribution in [0.15, 0.2) is 109 Å². The Morgan fingerprint density at radius 1 is 0.595 bits per heavy atom. The molecule has 7 rings (SSSR count). The molecule has 6 aromatic rings. The van der Waals surface area contributed by atoms with Crippen LogP contribution in [0.1, 0.15) is 25.0 Å². The molecule has 0 bridgehead atoms. The first-order valence-corrected chi connectivity index (χ1v) is 12.7. The molecule has 0 atom stereocenters. The molecule has 1 aromatic heterocycles. The molecule has 2 N–H and O–H groups in total. The number of para-hydroxylation sites is 2. The van der Waals surface area contributed by atoms with E-state index < -0.39 is 7.12 Å². The first kappa shape index (κ1) is 22.1. The quantitative estimate of drug-likeness (QED) is 0.287. The molecule has 0 spiro atoms. The molecule has 1 aliphatic carbocycles. The molecular formula is C33H26BNO2. The SMILES string of the molecule is CC1(C)c2ccccc2-c2ccc(-c3cc(B(O)O)cc(-n4c5ccccc5c5ccccc54)c3)cc21. The normalized spacial score (nSPS) is 13.6. The average molecular weight is 479 g/mol. The van der Waals surface area contributed by atoms with Crippen molar-refractivity contribution in [1.82, 2.24) is 4.57 Å². The van der Waals surface area contributed by atoms with E-state index in [2.05, 4.69) is 103 Å².